The highest BCUT2D eigenvalue weighted by molar-refractivity contribution is 5.29. The Morgan fingerprint density at radius 2 is 2.05 bits per heavy atom. The second-order valence-electron chi connectivity index (χ2n) is 5.46. The Kier molecular flexibility index (Phi) is 4.71. The molecule has 0 radical (unpaired) electrons. The second-order valence-corrected chi connectivity index (χ2v) is 5.46. The smallest absolute Gasteiger partial charge is 0.223 e. The number of nitrogens with zero attached hydrogens (tertiary/aromatic N) is 3. The molecule has 0 aromatic carbocycles. The van der Waals surface area contributed by atoms with E-state index in [1.165, 1.54) is 5.56 Å². The summed E-state index contributed by atoms with van der Waals surface area (Å²) < 4.78 is 0. The monoisotopic (exact) mass is 273 g/mol. The maximum atomic E-state index is 4.54. The summed E-state index contributed by atoms with van der Waals surface area (Å²) in [4.78, 5) is 8.97. The predicted molar refractivity (Wildman–Crippen MR) is 81.0 cm³/mol. The van der Waals surface area contributed by atoms with Crippen LogP contribution in [0.4, 0.5) is 5.95 Å². The van der Waals surface area contributed by atoms with Gasteiger partial charge in [-0.1, -0.05) is 13.8 Å². The summed E-state index contributed by atoms with van der Waals surface area (Å²) in [5.74, 6) is 1.16. The summed E-state index contributed by atoms with van der Waals surface area (Å²) in [5.41, 5.74) is 4.53. The molecule has 0 unspecified atom stereocenters. The van der Waals surface area contributed by atoms with Crippen LogP contribution in [0.5, 0.6) is 0 Å². The van der Waals surface area contributed by atoms with Crippen molar-refractivity contribution in [3.8, 4) is 0 Å². The summed E-state index contributed by atoms with van der Waals surface area (Å²) in [6.07, 6.45) is 3.95. The minimum absolute atomic E-state index is 0.422. The zero-order valence-corrected chi connectivity index (χ0v) is 12.7. The van der Waals surface area contributed by atoms with Crippen LogP contribution in [0.3, 0.4) is 0 Å². The molecule has 0 spiro atoms. The first-order valence-corrected chi connectivity index (χ1v) is 7.14. The van der Waals surface area contributed by atoms with Crippen LogP contribution in [0.15, 0.2) is 12.3 Å². The number of aryl methyl sites for hydroxylation is 3. The zero-order chi connectivity index (χ0) is 14.5. The van der Waals surface area contributed by atoms with Gasteiger partial charge in [0.1, 0.15) is 0 Å². The lowest BCUT2D eigenvalue weighted by Crippen LogP contribution is -2.09. The van der Waals surface area contributed by atoms with Gasteiger partial charge < -0.3 is 5.32 Å². The van der Waals surface area contributed by atoms with Crippen molar-refractivity contribution in [3.63, 3.8) is 0 Å². The van der Waals surface area contributed by atoms with Crippen LogP contribution in [-0.2, 0) is 6.42 Å². The molecule has 2 rings (SSSR count). The number of H-pyrrole nitrogens is 1. The van der Waals surface area contributed by atoms with Crippen molar-refractivity contribution < 1.29 is 0 Å². The first kappa shape index (κ1) is 14.5. The van der Waals surface area contributed by atoms with Gasteiger partial charge in [-0.3, -0.25) is 5.10 Å². The van der Waals surface area contributed by atoms with E-state index in [4.69, 9.17) is 0 Å². The van der Waals surface area contributed by atoms with E-state index in [1.807, 2.05) is 26.1 Å². The van der Waals surface area contributed by atoms with Gasteiger partial charge in [-0.2, -0.15) is 5.10 Å². The molecule has 0 aliphatic carbocycles. The maximum Gasteiger partial charge on any atom is 0.223 e. The molecule has 5 nitrogen and oxygen atoms in total. The van der Waals surface area contributed by atoms with Gasteiger partial charge in [0.25, 0.3) is 0 Å². The minimum atomic E-state index is 0.422. The number of rotatable bonds is 6. The molecule has 2 N–H and O–H groups in total. The van der Waals surface area contributed by atoms with Crippen molar-refractivity contribution in [2.24, 2.45) is 0 Å². The van der Waals surface area contributed by atoms with Crippen LogP contribution in [0.25, 0.3) is 0 Å². The standard InChI is InChI=1S/C15H23N5/c1-10(2)14-8-11(3)18-15(19-14)16-7-5-6-13-9-17-20-12(13)4/h8-10H,5-7H2,1-4H3,(H,17,20)(H,16,18,19). The maximum absolute atomic E-state index is 4.54. The SMILES string of the molecule is Cc1cc(C(C)C)nc(NCCCc2cn[nH]c2C)n1. The third kappa shape index (κ3) is 3.79. The molecular formula is C15H23N5. The molecule has 0 fully saturated rings. The molecule has 108 valence electrons. The lowest BCUT2D eigenvalue weighted by molar-refractivity contribution is 0.799. The van der Waals surface area contributed by atoms with Gasteiger partial charge >= 0.3 is 0 Å². The third-order valence-electron chi connectivity index (χ3n) is 3.31. The van der Waals surface area contributed by atoms with Crippen molar-refractivity contribution >= 4 is 5.95 Å². The summed E-state index contributed by atoms with van der Waals surface area (Å²) >= 11 is 0. The Morgan fingerprint density at radius 1 is 1.25 bits per heavy atom. The van der Waals surface area contributed by atoms with E-state index in [9.17, 15) is 0 Å². The normalized spacial score (nSPS) is 11.1. The fraction of sp³-hybridized carbons (Fsp3) is 0.533. The van der Waals surface area contributed by atoms with Crippen molar-refractivity contribution in [1.82, 2.24) is 20.2 Å². The molecule has 0 amide bonds. The quantitative estimate of drug-likeness (QED) is 0.794. The van der Waals surface area contributed by atoms with Crippen LogP contribution in [-0.4, -0.2) is 26.7 Å². The second kappa shape index (κ2) is 6.50. The van der Waals surface area contributed by atoms with Crippen LogP contribution in [0.2, 0.25) is 0 Å². The van der Waals surface area contributed by atoms with E-state index in [1.54, 1.807) is 0 Å². The molecular weight excluding hydrogens is 250 g/mol. The van der Waals surface area contributed by atoms with Gasteiger partial charge in [-0.05, 0) is 44.2 Å². The topological polar surface area (TPSA) is 66.5 Å². The number of nitrogens with one attached hydrogen (secondary N) is 2. The van der Waals surface area contributed by atoms with Crippen LogP contribution >= 0.6 is 0 Å². The van der Waals surface area contributed by atoms with Gasteiger partial charge in [-0.15, -0.1) is 0 Å². The van der Waals surface area contributed by atoms with Crippen LogP contribution < -0.4 is 5.32 Å². The fourth-order valence-corrected chi connectivity index (χ4v) is 2.07. The Bertz CT molecular complexity index is 559. The van der Waals surface area contributed by atoms with Crippen molar-refractivity contribution in [3.05, 3.63) is 34.9 Å². The average molecular weight is 273 g/mol. The first-order chi connectivity index (χ1) is 9.56. The van der Waals surface area contributed by atoms with E-state index < -0.39 is 0 Å². The summed E-state index contributed by atoms with van der Waals surface area (Å²) in [7, 11) is 0. The molecule has 2 aromatic heterocycles. The van der Waals surface area contributed by atoms with E-state index in [2.05, 4.69) is 39.3 Å². The molecule has 0 atom stereocenters. The highest BCUT2D eigenvalue weighted by Crippen LogP contribution is 2.14. The molecule has 20 heavy (non-hydrogen) atoms. The third-order valence-corrected chi connectivity index (χ3v) is 3.31. The Hall–Kier alpha value is -1.91. The Labute approximate surface area is 120 Å². The summed E-state index contributed by atoms with van der Waals surface area (Å²) in [6, 6.07) is 2.05. The number of aromatic nitrogens is 4. The molecule has 0 bridgehead atoms. The highest BCUT2D eigenvalue weighted by atomic mass is 15.1. The molecule has 0 aliphatic heterocycles. The zero-order valence-electron chi connectivity index (χ0n) is 12.7. The van der Waals surface area contributed by atoms with Gasteiger partial charge in [0.15, 0.2) is 0 Å². The summed E-state index contributed by atoms with van der Waals surface area (Å²) in [6.45, 7) is 9.22. The molecule has 0 saturated carbocycles. The average Bonchev–Trinajstić information content (AvgIpc) is 2.80. The van der Waals surface area contributed by atoms with E-state index in [-0.39, 0.29) is 0 Å². The van der Waals surface area contributed by atoms with E-state index in [0.717, 1.165) is 42.4 Å². The van der Waals surface area contributed by atoms with Gasteiger partial charge in [0, 0.05) is 23.6 Å². The predicted octanol–water partition coefficient (Wildman–Crippen LogP) is 2.98. The van der Waals surface area contributed by atoms with E-state index in [0.29, 0.717) is 5.92 Å². The number of aromatic amines is 1. The molecule has 2 heterocycles. The van der Waals surface area contributed by atoms with E-state index >= 15 is 0 Å². The molecule has 2 aromatic rings. The van der Waals surface area contributed by atoms with Crippen molar-refractivity contribution in [2.75, 3.05) is 11.9 Å². The summed E-state index contributed by atoms with van der Waals surface area (Å²) in [5, 5.41) is 10.3. The number of hydrogen-bond donors (Lipinski definition) is 2. The molecule has 0 saturated heterocycles. The van der Waals surface area contributed by atoms with Gasteiger partial charge in [0.05, 0.1) is 6.20 Å². The van der Waals surface area contributed by atoms with Crippen molar-refractivity contribution in [2.45, 2.75) is 46.5 Å². The number of hydrogen-bond acceptors (Lipinski definition) is 4. The minimum Gasteiger partial charge on any atom is -0.354 e. The fourth-order valence-electron chi connectivity index (χ4n) is 2.07. The number of anilines is 1. The van der Waals surface area contributed by atoms with Crippen LogP contribution in [0.1, 0.15) is 48.8 Å². The van der Waals surface area contributed by atoms with Gasteiger partial charge in [0.2, 0.25) is 5.95 Å². The lowest BCUT2D eigenvalue weighted by atomic mass is 10.1. The van der Waals surface area contributed by atoms with Gasteiger partial charge in [-0.25, -0.2) is 9.97 Å². The first-order valence-electron chi connectivity index (χ1n) is 7.14. The lowest BCUT2D eigenvalue weighted by Gasteiger charge is -2.10. The Morgan fingerprint density at radius 3 is 2.70 bits per heavy atom. The highest BCUT2D eigenvalue weighted by Gasteiger charge is 2.05. The Balaban J connectivity index is 1.86. The molecule has 5 heteroatoms. The largest absolute Gasteiger partial charge is 0.354 e. The molecule has 0 aliphatic rings. The van der Waals surface area contributed by atoms with Crippen molar-refractivity contribution in [1.29, 1.82) is 0 Å². The van der Waals surface area contributed by atoms with Crippen LogP contribution in [0, 0.1) is 13.8 Å².